The molecule has 4 rings (SSSR count). The van der Waals surface area contributed by atoms with Crippen molar-refractivity contribution in [3.05, 3.63) is 28.8 Å². The Morgan fingerprint density at radius 1 is 1.18 bits per heavy atom. The SMILES string of the molecule is CCN(CC)C(=O)Oc1ccc2c(c1C)CC[C@@H]1[C@@H]2CC[C@]2(C)C(=O)CC[C@@H]12. The fraction of sp³-hybridized carbons (Fsp3) is 0.667. The van der Waals surface area contributed by atoms with Gasteiger partial charge in [0.1, 0.15) is 11.5 Å². The monoisotopic (exact) mass is 383 g/mol. The molecule has 0 unspecified atom stereocenters. The molecule has 28 heavy (non-hydrogen) atoms. The summed E-state index contributed by atoms with van der Waals surface area (Å²) in [6, 6.07) is 4.19. The molecule has 0 spiro atoms. The third-order valence-corrected chi connectivity index (χ3v) is 8.08. The predicted octanol–water partition coefficient (Wildman–Crippen LogP) is 5.26. The minimum atomic E-state index is -0.264. The number of fused-ring (bicyclic) bond motifs is 5. The topological polar surface area (TPSA) is 46.6 Å². The van der Waals surface area contributed by atoms with Gasteiger partial charge in [0.05, 0.1) is 0 Å². The molecule has 2 fully saturated rings. The van der Waals surface area contributed by atoms with Crippen LogP contribution in [0.5, 0.6) is 5.75 Å². The van der Waals surface area contributed by atoms with E-state index in [4.69, 9.17) is 4.74 Å². The Morgan fingerprint density at radius 3 is 2.64 bits per heavy atom. The summed E-state index contributed by atoms with van der Waals surface area (Å²) in [5.74, 6) is 2.93. The lowest BCUT2D eigenvalue weighted by atomic mass is 9.55. The van der Waals surface area contributed by atoms with Crippen LogP contribution >= 0.6 is 0 Å². The molecule has 4 nitrogen and oxygen atoms in total. The summed E-state index contributed by atoms with van der Waals surface area (Å²) in [6.07, 6.45) is 5.89. The van der Waals surface area contributed by atoms with Crippen molar-refractivity contribution in [2.24, 2.45) is 17.3 Å². The van der Waals surface area contributed by atoms with Gasteiger partial charge in [-0.3, -0.25) is 4.79 Å². The van der Waals surface area contributed by atoms with Crippen LogP contribution < -0.4 is 4.74 Å². The summed E-state index contributed by atoms with van der Waals surface area (Å²) in [6.45, 7) is 9.56. The van der Waals surface area contributed by atoms with Crippen LogP contribution in [0.15, 0.2) is 12.1 Å². The lowest BCUT2D eigenvalue weighted by Crippen LogP contribution is -2.42. The Morgan fingerprint density at radius 2 is 1.93 bits per heavy atom. The van der Waals surface area contributed by atoms with Crippen molar-refractivity contribution < 1.29 is 14.3 Å². The zero-order valence-corrected chi connectivity index (χ0v) is 17.7. The maximum absolute atomic E-state index is 12.5. The summed E-state index contributed by atoms with van der Waals surface area (Å²) in [4.78, 5) is 26.6. The number of hydrogen-bond acceptors (Lipinski definition) is 3. The number of rotatable bonds is 3. The number of Topliss-reactive ketones (excluding diaryl/α,β-unsaturated/α-hetero) is 1. The first-order chi connectivity index (χ1) is 13.4. The predicted molar refractivity (Wildman–Crippen MR) is 110 cm³/mol. The van der Waals surface area contributed by atoms with E-state index < -0.39 is 0 Å². The summed E-state index contributed by atoms with van der Waals surface area (Å²) >= 11 is 0. The molecular weight excluding hydrogens is 350 g/mol. The van der Waals surface area contributed by atoms with E-state index in [1.807, 2.05) is 19.9 Å². The first-order valence-electron chi connectivity index (χ1n) is 11.0. The zero-order chi connectivity index (χ0) is 20.1. The third-order valence-electron chi connectivity index (χ3n) is 8.08. The smallest absolute Gasteiger partial charge is 0.410 e. The van der Waals surface area contributed by atoms with E-state index in [0.717, 1.165) is 44.1 Å². The lowest BCUT2D eigenvalue weighted by molar-refractivity contribution is -0.129. The van der Waals surface area contributed by atoms with Crippen molar-refractivity contribution in [3.8, 4) is 5.75 Å². The summed E-state index contributed by atoms with van der Waals surface area (Å²) in [7, 11) is 0. The molecule has 4 atom stereocenters. The molecule has 0 radical (unpaired) electrons. The molecule has 2 saturated carbocycles. The van der Waals surface area contributed by atoms with Crippen LogP contribution in [0.2, 0.25) is 0 Å². The third kappa shape index (κ3) is 2.87. The van der Waals surface area contributed by atoms with E-state index in [0.29, 0.717) is 42.4 Å². The van der Waals surface area contributed by atoms with E-state index in [9.17, 15) is 9.59 Å². The minimum Gasteiger partial charge on any atom is -0.410 e. The normalized spacial score (nSPS) is 31.0. The molecular formula is C24H33NO3. The molecule has 1 aromatic carbocycles. The number of ketones is 1. The second-order valence-corrected chi connectivity index (χ2v) is 9.13. The largest absolute Gasteiger partial charge is 0.415 e. The van der Waals surface area contributed by atoms with Crippen molar-refractivity contribution in [2.75, 3.05) is 13.1 Å². The molecule has 3 aliphatic carbocycles. The number of carbonyl (C=O) groups is 2. The fourth-order valence-electron chi connectivity index (χ4n) is 6.34. The highest BCUT2D eigenvalue weighted by Crippen LogP contribution is 2.59. The van der Waals surface area contributed by atoms with Crippen molar-refractivity contribution in [1.29, 1.82) is 0 Å². The summed E-state index contributed by atoms with van der Waals surface area (Å²) < 4.78 is 5.73. The Balaban J connectivity index is 1.60. The Labute approximate surface area is 168 Å². The van der Waals surface area contributed by atoms with E-state index in [-0.39, 0.29) is 11.5 Å². The molecule has 0 N–H and O–H groups in total. The second-order valence-electron chi connectivity index (χ2n) is 9.13. The van der Waals surface area contributed by atoms with Crippen LogP contribution in [0.1, 0.15) is 75.5 Å². The van der Waals surface area contributed by atoms with E-state index in [1.54, 1.807) is 4.90 Å². The average Bonchev–Trinajstić information content (AvgIpc) is 2.99. The quantitative estimate of drug-likeness (QED) is 0.715. The molecule has 3 aliphatic rings. The van der Waals surface area contributed by atoms with Crippen LogP contribution in [0.25, 0.3) is 0 Å². The highest BCUT2D eigenvalue weighted by atomic mass is 16.6. The zero-order valence-electron chi connectivity index (χ0n) is 17.7. The van der Waals surface area contributed by atoms with Gasteiger partial charge in [-0.25, -0.2) is 4.79 Å². The lowest BCUT2D eigenvalue weighted by Gasteiger charge is -2.48. The Bertz CT molecular complexity index is 797. The molecule has 0 aromatic heterocycles. The first kappa shape index (κ1) is 19.5. The maximum Gasteiger partial charge on any atom is 0.415 e. The molecule has 0 heterocycles. The van der Waals surface area contributed by atoms with Gasteiger partial charge in [0.2, 0.25) is 0 Å². The van der Waals surface area contributed by atoms with Crippen molar-refractivity contribution in [2.45, 2.75) is 72.1 Å². The number of amides is 1. The fourth-order valence-corrected chi connectivity index (χ4v) is 6.34. The Hall–Kier alpha value is -1.84. The van der Waals surface area contributed by atoms with Crippen LogP contribution in [0.3, 0.4) is 0 Å². The van der Waals surface area contributed by atoms with Crippen molar-refractivity contribution in [3.63, 3.8) is 0 Å². The van der Waals surface area contributed by atoms with Crippen LogP contribution in [-0.2, 0) is 11.2 Å². The van der Waals surface area contributed by atoms with Gasteiger partial charge in [0.25, 0.3) is 0 Å². The molecule has 0 saturated heterocycles. The molecule has 152 valence electrons. The highest BCUT2D eigenvalue weighted by Gasteiger charge is 2.54. The van der Waals surface area contributed by atoms with Gasteiger partial charge in [-0.05, 0) is 93.4 Å². The average molecular weight is 384 g/mol. The number of ether oxygens (including phenoxy) is 1. The van der Waals surface area contributed by atoms with Gasteiger partial charge < -0.3 is 9.64 Å². The van der Waals surface area contributed by atoms with E-state index in [2.05, 4.69) is 19.9 Å². The summed E-state index contributed by atoms with van der Waals surface area (Å²) in [5.41, 5.74) is 3.86. The van der Waals surface area contributed by atoms with Gasteiger partial charge >= 0.3 is 6.09 Å². The van der Waals surface area contributed by atoms with Gasteiger partial charge in [0, 0.05) is 24.9 Å². The molecule has 0 aliphatic heterocycles. The van der Waals surface area contributed by atoms with E-state index >= 15 is 0 Å². The molecule has 4 heteroatoms. The van der Waals surface area contributed by atoms with Crippen molar-refractivity contribution in [1.82, 2.24) is 4.90 Å². The van der Waals surface area contributed by atoms with Gasteiger partial charge in [0.15, 0.2) is 0 Å². The highest BCUT2D eigenvalue weighted by molar-refractivity contribution is 5.87. The molecule has 1 aromatic rings. The van der Waals surface area contributed by atoms with Gasteiger partial charge in [-0.15, -0.1) is 0 Å². The second kappa shape index (κ2) is 7.20. The Kier molecular flexibility index (Phi) is 5.01. The minimum absolute atomic E-state index is 0.0764. The number of benzene rings is 1. The standard InChI is InChI=1S/C24H33NO3/c1-5-25(6-2)23(27)28-21-11-9-17-16(15(21)3)7-8-19-18(17)13-14-24(4)20(19)10-12-22(24)26/h9,11,18-20H,5-8,10,12-14H2,1-4H3/t18-,19-,20+,24+/m1/s1. The first-order valence-corrected chi connectivity index (χ1v) is 11.0. The number of hydrogen-bond donors (Lipinski definition) is 0. The van der Waals surface area contributed by atoms with Crippen LogP contribution in [0.4, 0.5) is 4.79 Å². The maximum atomic E-state index is 12.5. The number of nitrogens with zero attached hydrogens (tertiary/aromatic N) is 1. The van der Waals surface area contributed by atoms with Crippen molar-refractivity contribution >= 4 is 11.9 Å². The number of carbonyl (C=O) groups excluding carboxylic acids is 2. The van der Waals surface area contributed by atoms with Crippen LogP contribution in [-0.4, -0.2) is 29.9 Å². The van der Waals surface area contributed by atoms with Crippen LogP contribution in [0, 0.1) is 24.2 Å². The molecule has 1 amide bonds. The summed E-state index contributed by atoms with van der Waals surface area (Å²) in [5, 5.41) is 0. The van der Waals surface area contributed by atoms with Gasteiger partial charge in [-0.1, -0.05) is 13.0 Å². The molecule has 0 bridgehead atoms. The van der Waals surface area contributed by atoms with Gasteiger partial charge in [-0.2, -0.15) is 0 Å². The van der Waals surface area contributed by atoms with E-state index in [1.165, 1.54) is 11.1 Å².